The van der Waals surface area contributed by atoms with Gasteiger partial charge in [-0.05, 0) is 74.1 Å². The Bertz CT molecular complexity index is 1160. The highest BCUT2D eigenvalue weighted by Crippen LogP contribution is 2.29. The fourth-order valence-electron chi connectivity index (χ4n) is 4.01. The minimum Gasteiger partial charge on any atom is -0.497 e. The Hall–Kier alpha value is -3.68. The first-order valence-corrected chi connectivity index (χ1v) is 12.3. The number of carbonyl (C=O) groups is 2. The van der Waals surface area contributed by atoms with E-state index in [9.17, 15) is 9.59 Å². The van der Waals surface area contributed by atoms with E-state index < -0.39 is 0 Å². The minimum absolute atomic E-state index is 0.0228. The molecule has 8 nitrogen and oxygen atoms in total. The highest BCUT2D eigenvalue weighted by atomic mass is 16.5. The zero-order valence-electron chi connectivity index (χ0n) is 19.9. The van der Waals surface area contributed by atoms with Crippen LogP contribution in [0.4, 0.5) is 0 Å². The number of methoxy groups -OCH3 is 1. The standard InChI is InChI=1S/C27H30N4O4/c1-34-23-15-9-19(10-16-23)26-29-24(35-30-26)3-2-4-25(32)31(22-13-14-22)17-18-5-7-20(8-6-18)27(33)28-21-11-12-21/h5-10,15-16,21-22H,2-4,11-14,17H2,1H3,(H,28,33). The summed E-state index contributed by atoms with van der Waals surface area (Å²) in [5, 5.41) is 7.06. The van der Waals surface area contributed by atoms with Crippen LogP contribution in [-0.2, 0) is 17.8 Å². The van der Waals surface area contributed by atoms with Gasteiger partial charge in [0, 0.05) is 42.6 Å². The van der Waals surface area contributed by atoms with E-state index in [4.69, 9.17) is 9.26 Å². The van der Waals surface area contributed by atoms with Gasteiger partial charge in [0.05, 0.1) is 7.11 Å². The summed E-state index contributed by atoms with van der Waals surface area (Å²) in [5.74, 6) is 1.94. The molecular weight excluding hydrogens is 444 g/mol. The van der Waals surface area contributed by atoms with Crippen molar-refractivity contribution in [3.8, 4) is 17.1 Å². The summed E-state index contributed by atoms with van der Waals surface area (Å²) in [7, 11) is 1.62. The molecule has 0 radical (unpaired) electrons. The molecule has 2 aromatic carbocycles. The van der Waals surface area contributed by atoms with Gasteiger partial charge in [0.1, 0.15) is 5.75 Å². The third kappa shape index (κ3) is 6.07. The van der Waals surface area contributed by atoms with Crippen molar-refractivity contribution in [2.75, 3.05) is 7.11 Å². The fraction of sp³-hybridized carbons (Fsp3) is 0.407. The number of ether oxygens (including phenoxy) is 1. The van der Waals surface area contributed by atoms with E-state index in [2.05, 4.69) is 15.5 Å². The Kier molecular flexibility index (Phi) is 6.79. The van der Waals surface area contributed by atoms with Crippen LogP contribution in [0.25, 0.3) is 11.4 Å². The van der Waals surface area contributed by atoms with Gasteiger partial charge in [-0.2, -0.15) is 4.98 Å². The normalized spacial score (nSPS) is 15.0. The van der Waals surface area contributed by atoms with Crippen molar-refractivity contribution in [3.63, 3.8) is 0 Å². The number of amides is 2. The van der Waals surface area contributed by atoms with Crippen molar-refractivity contribution in [1.29, 1.82) is 0 Å². The second-order valence-corrected chi connectivity index (χ2v) is 9.29. The maximum atomic E-state index is 13.0. The largest absolute Gasteiger partial charge is 0.497 e. The molecule has 2 saturated carbocycles. The van der Waals surface area contributed by atoms with Gasteiger partial charge in [0.25, 0.3) is 5.91 Å². The summed E-state index contributed by atoms with van der Waals surface area (Å²) < 4.78 is 10.6. The highest BCUT2D eigenvalue weighted by molar-refractivity contribution is 5.94. The Balaban J connectivity index is 1.12. The first-order chi connectivity index (χ1) is 17.1. The van der Waals surface area contributed by atoms with Gasteiger partial charge >= 0.3 is 0 Å². The van der Waals surface area contributed by atoms with E-state index in [-0.39, 0.29) is 11.8 Å². The molecule has 2 aliphatic carbocycles. The Morgan fingerprint density at radius 1 is 1.06 bits per heavy atom. The number of hydrogen-bond acceptors (Lipinski definition) is 6. The molecule has 0 aliphatic heterocycles. The number of carbonyl (C=O) groups excluding carboxylic acids is 2. The number of benzene rings is 2. The molecule has 5 rings (SSSR count). The monoisotopic (exact) mass is 474 g/mol. The fourth-order valence-corrected chi connectivity index (χ4v) is 4.01. The average Bonchev–Trinajstić information content (AvgIpc) is 3.82. The predicted molar refractivity (Wildman–Crippen MR) is 130 cm³/mol. The Labute approximate surface area is 204 Å². The average molecular weight is 475 g/mol. The third-order valence-electron chi connectivity index (χ3n) is 6.39. The van der Waals surface area contributed by atoms with Crippen molar-refractivity contribution < 1.29 is 18.8 Å². The summed E-state index contributed by atoms with van der Waals surface area (Å²) in [6, 6.07) is 15.7. The molecule has 0 bridgehead atoms. The summed E-state index contributed by atoms with van der Waals surface area (Å²) >= 11 is 0. The van der Waals surface area contributed by atoms with Crippen LogP contribution in [0.2, 0.25) is 0 Å². The molecule has 0 saturated heterocycles. The number of rotatable bonds is 11. The summed E-state index contributed by atoms with van der Waals surface area (Å²) in [6.45, 7) is 0.566. The molecule has 2 fully saturated rings. The summed E-state index contributed by atoms with van der Waals surface area (Å²) in [5.41, 5.74) is 2.56. The lowest BCUT2D eigenvalue weighted by atomic mass is 10.1. The molecule has 182 valence electrons. The summed E-state index contributed by atoms with van der Waals surface area (Å²) in [6.07, 6.45) is 5.85. The Morgan fingerprint density at radius 2 is 1.80 bits per heavy atom. The number of nitrogens with one attached hydrogen (secondary N) is 1. The van der Waals surface area contributed by atoms with E-state index in [1.54, 1.807) is 7.11 Å². The number of aromatic nitrogens is 2. The Morgan fingerprint density at radius 3 is 2.46 bits per heavy atom. The molecule has 0 spiro atoms. The van der Waals surface area contributed by atoms with E-state index in [0.29, 0.717) is 55.2 Å². The van der Waals surface area contributed by atoms with Crippen molar-refractivity contribution in [2.45, 2.75) is 63.6 Å². The van der Waals surface area contributed by atoms with Gasteiger partial charge < -0.3 is 19.5 Å². The number of nitrogens with zero attached hydrogens (tertiary/aromatic N) is 3. The zero-order valence-corrected chi connectivity index (χ0v) is 19.9. The smallest absolute Gasteiger partial charge is 0.251 e. The van der Waals surface area contributed by atoms with Gasteiger partial charge in [0.2, 0.25) is 17.6 Å². The van der Waals surface area contributed by atoms with Crippen LogP contribution in [0.1, 0.15) is 60.3 Å². The van der Waals surface area contributed by atoms with Crippen LogP contribution in [0.5, 0.6) is 5.75 Å². The first-order valence-electron chi connectivity index (χ1n) is 12.3. The quantitative estimate of drug-likeness (QED) is 0.448. The molecule has 0 atom stereocenters. The van der Waals surface area contributed by atoms with Crippen LogP contribution < -0.4 is 10.1 Å². The van der Waals surface area contributed by atoms with Crippen LogP contribution in [0.15, 0.2) is 53.1 Å². The zero-order chi connectivity index (χ0) is 24.2. The van der Waals surface area contributed by atoms with Gasteiger partial charge in [0.15, 0.2) is 0 Å². The van der Waals surface area contributed by atoms with Crippen molar-refractivity contribution in [1.82, 2.24) is 20.4 Å². The van der Waals surface area contributed by atoms with Crippen LogP contribution in [0.3, 0.4) is 0 Å². The summed E-state index contributed by atoms with van der Waals surface area (Å²) in [4.78, 5) is 31.6. The molecule has 1 heterocycles. The van der Waals surface area contributed by atoms with Crippen LogP contribution >= 0.6 is 0 Å². The van der Waals surface area contributed by atoms with E-state index in [1.807, 2.05) is 53.4 Å². The first kappa shape index (κ1) is 23.1. The second kappa shape index (κ2) is 10.3. The molecule has 8 heteroatoms. The van der Waals surface area contributed by atoms with E-state index >= 15 is 0 Å². The van der Waals surface area contributed by atoms with E-state index in [0.717, 1.165) is 42.6 Å². The molecule has 0 unspecified atom stereocenters. The SMILES string of the molecule is COc1ccc(-c2noc(CCCC(=O)N(Cc3ccc(C(=O)NC4CC4)cc3)C3CC3)n2)cc1. The maximum absolute atomic E-state index is 13.0. The molecule has 35 heavy (non-hydrogen) atoms. The lowest BCUT2D eigenvalue weighted by molar-refractivity contribution is -0.132. The van der Waals surface area contributed by atoms with Crippen LogP contribution in [0, 0.1) is 0 Å². The van der Waals surface area contributed by atoms with Crippen LogP contribution in [-0.4, -0.2) is 46.0 Å². The molecule has 2 aliphatic rings. The number of hydrogen-bond donors (Lipinski definition) is 1. The van der Waals surface area contributed by atoms with E-state index in [1.165, 1.54) is 0 Å². The lowest BCUT2D eigenvalue weighted by Gasteiger charge is -2.22. The molecular formula is C27H30N4O4. The molecule has 1 N–H and O–H groups in total. The van der Waals surface area contributed by atoms with Crippen molar-refractivity contribution in [3.05, 3.63) is 65.5 Å². The van der Waals surface area contributed by atoms with Gasteiger partial charge in [-0.3, -0.25) is 9.59 Å². The lowest BCUT2D eigenvalue weighted by Crippen LogP contribution is -2.32. The maximum Gasteiger partial charge on any atom is 0.251 e. The highest BCUT2D eigenvalue weighted by Gasteiger charge is 2.32. The molecule has 2 amide bonds. The third-order valence-corrected chi connectivity index (χ3v) is 6.39. The molecule has 3 aromatic rings. The minimum atomic E-state index is -0.0228. The topological polar surface area (TPSA) is 97.6 Å². The van der Waals surface area contributed by atoms with Gasteiger partial charge in [-0.25, -0.2) is 0 Å². The van der Waals surface area contributed by atoms with Crippen molar-refractivity contribution in [2.24, 2.45) is 0 Å². The second-order valence-electron chi connectivity index (χ2n) is 9.29. The predicted octanol–water partition coefficient (Wildman–Crippen LogP) is 4.15. The van der Waals surface area contributed by atoms with Crippen molar-refractivity contribution >= 4 is 11.8 Å². The van der Waals surface area contributed by atoms with Gasteiger partial charge in [-0.15, -0.1) is 0 Å². The van der Waals surface area contributed by atoms with Gasteiger partial charge in [-0.1, -0.05) is 17.3 Å². The number of aryl methyl sites for hydroxylation is 1. The molecule has 1 aromatic heterocycles.